The van der Waals surface area contributed by atoms with Crippen molar-refractivity contribution in [2.45, 2.75) is 32.7 Å². The molecule has 0 aliphatic heterocycles. The Hall–Kier alpha value is -1.94. The number of nitrogens with two attached hydrogens (primary N) is 1. The highest BCUT2D eigenvalue weighted by molar-refractivity contribution is 5.34. The molecular formula is C16H19FN2O. The van der Waals surface area contributed by atoms with Crippen molar-refractivity contribution in [1.82, 2.24) is 4.98 Å². The number of benzene rings is 1. The first kappa shape index (κ1) is 14.5. The summed E-state index contributed by atoms with van der Waals surface area (Å²) in [5, 5.41) is 0. The minimum Gasteiger partial charge on any atom is -0.456 e. The Morgan fingerprint density at radius 2 is 2.05 bits per heavy atom. The lowest BCUT2D eigenvalue weighted by Gasteiger charge is -2.10. The molecule has 0 fully saturated rings. The summed E-state index contributed by atoms with van der Waals surface area (Å²) in [6.07, 6.45) is 5.05. The molecule has 1 unspecified atom stereocenters. The van der Waals surface area contributed by atoms with Crippen LogP contribution in [0.4, 0.5) is 4.39 Å². The molecular weight excluding hydrogens is 255 g/mol. The maximum absolute atomic E-state index is 13.5. The van der Waals surface area contributed by atoms with Crippen LogP contribution in [0, 0.1) is 12.7 Å². The highest BCUT2D eigenvalue weighted by atomic mass is 19.1. The van der Waals surface area contributed by atoms with Crippen LogP contribution < -0.4 is 10.5 Å². The monoisotopic (exact) mass is 274 g/mol. The van der Waals surface area contributed by atoms with Gasteiger partial charge in [0.1, 0.15) is 17.3 Å². The van der Waals surface area contributed by atoms with Crippen molar-refractivity contribution in [1.29, 1.82) is 0 Å². The molecule has 0 aliphatic carbocycles. The molecule has 2 rings (SSSR count). The van der Waals surface area contributed by atoms with Gasteiger partial charge in [-0.2, -0.15) is 0 Å². The second-order valence-corrected chi connectivity index (χ2v) is 4.91. The van der Waals surface area contributed by atoms with E-state index in [4.69, 9.17) is 10.5 Å². The van der Waals surface area contributed by atoms with Gasteiger partial charge in [0.2, 0.25) is 0 Å². The first-order chi connectivity index (χ1) is 9.58. The van der Waals surface area contributed by atoms with E-state index in [-0.39, 0.29) is 11.9 Å². The first-order valence-corrected chi connectivity index (χ1v) is 6.72. The van der Waals surface area contributed by atoms with E-state index in [1.807, 2.05) is 13.0 Å². The van der Waals surface area contributed by atoms with Crippen molar-refractivity contribution in [3.05, 3.63) is 53.6 Å². The topological polar surface area (TPSA) is 48.1 Å². The summed E-state index contributed by atoms with van der Waals surface area (Å²) in [5.74, 6) is 0.778. The third-order valence-electron chi connectivity index (χ3n) is 3.17. The van der Waals surface area contributed by atoms with Crippen molar-refractivity contribution in [2.75, 3.05) is 0 Å². The summed E-state index contributed by atoms with van der Waals surface area (Å²) in [7, 11) is 0. The number of hydrogen-bond donors (Lipinski definition) is 1. The van der Waals surface area contributed by atoms with Gasteiger partial charge < -0.3 is 10.5 Å². The van der Waals surface area contributed by atoms with Crippen molar-refractivity contribution in [2.24, 2.45) is 5.73 Å². The van der Waals surface area contributed by atoms with Gasteiger partial charge in [0.15, 0.2) is 0 Å². The van der Waals surface area contributed by atoms with Gasteiger partial charge in [-0.05, 0) is 43.0 Å². The second kappa shape index (κ2) is 6.48. The molecule has 20 heavy (non-hydrogen) atoms. The van der Waals surface area contributed by atoms with Gasteiger partial charge in [-0.3, -0.25) is 4.98 Å². The molecule has 1 aromatic carbocycles. The third-order valence-corrected chi connectivity index (χ3v) is 3.17. The van der Waals surface area contributed by atoms with E-state index in [2.05, 4.69) is 4.98 Å². The largest absolute Gasteiger partial charge is 0.456 e. The summed E-state index contributed by atoms with van der Waals surface area (Å²) in [4.78, 5) is 4.13. The predicted molar refractivity (Wildman–Crippen MR) is 77.4 cm³/mol. The Balaban J connectivity index is 2.12. The fourth-order valence-corrected chi connectivity index (χ4v) is 1.85. The number of nitrogens with zero attached hydrogens (tertiary/aromatic N) is 1. The van der Waals surface area contributed by atoms with Crippen molar-refractivity contribution >= 4 is 0 Å². The normalized spacial score (nSPS) is 12.2. The Morgan fingerprint density at radius 3 is 2.75 bits per heavy atom. The molecule has 0 aliphatic rings. The quantitative estimate of drug-likeness (QED) is 0.906. The lowest BCUT2D eigenvalue weighted by atomic mass is 10.1. The van der Waals surface area contributed by atoms with Crippen molar-refractivity contribution < 1.29 is 9.13 Å². The number of halogens is 1. The fraction of sp³-hybridized carbons (Fsp3) is 0.312. The lowest BCUT2D eigenvalue weighted by Crippen LogP contribution is -2.21. The van der Waals surface area contributed by atoms with Gasteiger partial charge >= 0.3 is 0 Å². The standard InChI is InChI=1S/C16H19FN2O/c1-3-13(18)6-12-7-15(10-19-9-12)20-14-5-4-11(2)16(17)8-14/h4-5,7-10,13H,3,6,18H2,1-2H3. The second-order valence-electron chi connectivity index (χ2n) is 4.91. The van der Waals surface area contributed by atoms with E-state index < -0.39 is 0 Å². The van der Waals surface area contributed by atoms with E-state index >= 15 is 0 Å². The first-order valence-electron chi connectivity index (χ1n) is 6.72. The average molecular weight is 274 g/mol. The van der Waals surface area contributed by atoms with Crippen LogP contribution >= 0.6 is 0 Å². The van der Waals surface area contributed by atoms with Gasteiger partial charge in [-0.1, -0.05) is 13.0 Å². The van der Waals surface area contributed by atoms with Crippen LogP contribution in [0.3, 0.4) is 0 Å². The molecule has 3 nitrogen and oxygen atoms in total. The maximum atomic E-state index is 13.5. The van der Waals surface area contributed by atoms with E-state index in [0.717, 1.165) is 18.4 Å². The highest BCUT2D eigenvalue weighted by Gasteiger charge is 2.05. The minimum absolute atomic E-state index is 0.115. The lowest BCUT2D eigenvalue weighted by molar-refractivity contribution is 0.472. The molecule has 4 heteroatoms. The molecule has 0 bridgehead atoms. The minimum atomic E-state index is -0.278. The van der Waals surface area contributed by atoms with Gasteiger partial charge in [-0.15, -0.1) is 0 Å². The molecule has 106 valence electrons. The maximum Gasteiger partial charge on any atom is 0.145 e. The van der Waals surface area contributed by atoms with Crippen molar-refractivity contribution in [3.8, 4) is 11.5 Å². The molecule has 1 aromatic heterocycles. The molecule has 1 atom stereocenters. The highest BCUT2D eigenvalue weighted by Crippen LogP contribution is 2.23. The zero-order valence-electron chi connectivity index (χ0n) is 11.8. The van der Waals surface area contributed by atoms with Gasteiger partial charge in [0.25, 0.3) is 0 Å². The van der Waals surface area contributed by atoms with Crippen LogP contribution in [0.1, 0.15) is 24.5 Å². The fourth-order valence-electron chi connectivity index (χ4n) is 1.85. The van der Waals surface area contributed by atoms with Crippen molar-refractivity contribution in [3.63, 3.8) is 0 Å². The summed E-state index contributed by atoms with van der Waals surface area (Å²) < 4.78 is 19.1. The average Bonchev–Trinajstić information content (AvgIpc) is 2.43. The summed E-state index contributed by atoms with van der Waals surface area (Å²) in [6, 6.07) is 6.81. The van der Waals surface area contributed by atoms with Gasteiger partial charge in [0, 0.05) is 18.3 Å². The van der Waals surface area contributed by atoms with Gasteiger partial charge in [0.05, 0.1) is 6.20 Å². The van der Waals surface area contributed by atoms with E-state index in [9.17, 15) is 4.39 Å². The Morgan fingerprint density at radius 1 is 1.25 bits per heavy atom. The van der Waals surface area contributed by atoms with Gasteiger partial charge in [-0.25, -0.2) is 4.39 Å². The number of hydrogen-bond acceptors (Lipinski definition) is 3. The van der Waals surface area contributed by atoms with Crippen LogP contribution in [0.2, 0.25) is 0 Å². The molecule has 0 saturated carbocycles. The summed E-state index contributed by atoms with van der Waals surface area (Å²) in [5.41, 5.74) is 7.54. The molecule has 1 heterocycles. The van der Waals surface area contributed by atoms with Crippen LogP contribution in [-0.4, -0.2) is 11.0 Å². The summed E-state index contributed by atoms with van der Waals surface area (Å²) in [6.45, 7) is 3.76. The number of aromatic nitrogens is 1. The van der Waals surface area contributed by atoms with Crippen LogP contribution in [0.5, 0.6) is 11.5 Å². The van der Waals surface area contributed by atoms with Crippen LogP contribution in [-0.2, 0) is 6.42 Å². The number of aryl methyl sites for hydroxylation is 1. The molecule has 2 N–H and O–H groups in total. The van der Waals surface area contributed by atoms with E-state index in [1.54, 1.807) is 31.5 Å². The zero-order chi connectivity index (χ0) is 14.5. The van der Waals surface area contributed by atoms with E-state index in [1.165, 1.54) is 6.07 Å². The molecule has 0 spiro atoms. The smallest absolute Gasteiger partial charge is 0.145 e. The molecule has 2 aromatic rings. The SMILES string of the molecule is CCC(N)Cc1cncc(Oc2ccc(C)c(F)c2)c1. The Kier molecular flexibility index (Phi) is 4.69. The third kappa shape index (κ3) is 3.78. The number of pyridine rings is 1. The zero-order valence-corrected chi connectivity index (χ0v) is 11.8. The predicted octanol–water partition coefficient (Wildman–Crippen LogP) is 3.60. The van der Waals surface area contributed by atoms with E-state index in [0.29, 0.717) is 17.1 Å². The van der Waals surface area contributed by atoms with Crippen LogP contribution in [0.15, 0.2) is 36.7 Å². The Labute approximate surface area is 118 Å². The molecule has 0 amide bonds. The Bertz CT molecular complexity index is 586. The number of ether oxygens (including phenoxy) is 1. The molecule has 0 radical (unpaired) electrons. The summed E-state index contributed by atoms with van der Waals surface area (Å²) >= 11 is 0. The van der Waals surface area contributed by atoms with Crippen LogP contribution in [0.25, 0.3) is 0 Å². The number of rotatable bonds is 5. The molecule has 0 saturated heterocycles.